The number of nitrogens with one attached hydrogen (secondary N) is 1. The van der Waals surface area contributed by atoms with Gasteiger partial charge in [-0.25, -0.2) is 0 Å². The summed E-state index contributed by atoms with van der Waals surface area (Å²) in [4.78, 5) is 78.4. The average Bonchev–Trinajstić information content (AvgIpc) is 3.94. The Morgan fingerprint density at radius 2 is 1.62 bits per heavy atom. The monoisotopic (exact) mass is 897 g/mol. The van der Waals surface area contributed by atoms with Crippen LogP contribution in [-0.4, -0.2) is 117 Å². The molecule has 7 aliphatic heterocycles. The SMILES string of the molecule is O=C1CC[C@H](N2Cc3c(ccc4c3OCC43CCN(C4CCN(C(=O)CN5CCC(c6ccc7c(c6)-n6c(nc(=O)c8c(Cl)cccc86)C76CCCCC6)CC5)CC4)CC3)C2=O)C(=O)N1. The minimum Gasteiger partial charge on any atom is -0.492 e. The molecular formula is C51H56ClN7O6. The molecule has 12 rings (SSSR count). The lowest BCUT2D eigenvalue weighted by atomic mass is 9.69. The number of piperidine rings is 4. The molecule has 1 N–H and O–H groups in total. The number of aromatic nitrogens is 2. The van der Waals surface area contributed by atoms with Crippen LogP contribution in [0.5, 0.6) is 5.75 Å². The van der Waals surface area contributed by atoms with E-state index >= 15 is 0 Å². The van der Waals surface area contributed by atoms with Gasteiger partial charge in [0.25, 0.3) is 11.5 Å². The van der Waals surface area contributed by atoms with Crippen molar-refractivity contribution in [1.29, 1.82) is 0 Å². The number of hydrogen-bond donors (Lipinski definition) is 1. The van der Waals surface area contributed by atoms with E-state index in [1.807, 2.05) is 18.2 Å². The Morgan fingerprint density at radius 1 is 0.846 bits per heavy atom. The molecule has 4 aromatic rings. The largest absolute Gasteiger partial charge is 0.492 e. The Hall–Kier alpha value is -5.11. The molecule has 13 nitrogen and oxygen atoms in total. The predicted octanol–water partition coefficient (Wildman–Crippen LogP) is 5.96. The van der Waals surface area contributed by atoms with E-state index in [-0.39, 0.29) is 40.5 Å². The molecule has 4 saturated heterocycles. The number of halogens is 1. The lowest BCUT2D eigenvalue weighted by Gasteiger charge is -2.45. The van der Waals surface area contributed by atoms with Crippen molar-refractivity contribution < 1.29 is 23.9 Å². The van der Waals surface area contributed by atoms with Crippen molar-refractivity contribution in [3.8, 4) is 11.4 Å². The van der Waals surface area contributed by atoms with Crippen molar-refractivity contribution in [1.82, 2.24) is 34.5 Å². The number of ether oxygens (including phenoxy) is 1. The number of imide groups is 1. The molecule has 3 aromatic carbocycles. The van der Waals surface area contributed by atoms with Crippen molar-refractivity contribution >= 4 is 46.1 Å². The number of hydrogen-bond acceptors (Lipinski definition) is 9. The van der Waals surface area contributed by atoms with Gasteiger partial charge < -0.3 is 19.4 Å². The third-order valence-electron chi connectivity index (χ3n) is 17.0. The van der Waals surface area contributed by atoms with Crippen molar-refractivity contribution in [2.45, 2.75) is 119 Å². The van der Waals surface area contributed by atoms with Gasteiger partial charge in [0.15, 0.2) is 0 Å². The molecule has 2 spiro atoms. The predicted molar refractivity (Wildman–Crippen MR) is 245 cm³/mol. The molecular weight excluding hydrogens is 842 g/mol. The summed E-state index contributed by atoms with van der Waals surface area (Å²) in [6.07, 6.45) is 11.9. The summed E-state index contributed by atoms with van der Waals surface area (Å²) in [5.41, 5.74) is 6.66. The van der Waals surface area contributed by atoms with Crippen LogP contribution in [0.1, 0.15) is 128 Å². The first kappa shape index (κ1) is 41.3. The Morgan fingerprint density at radius 3 is 2.38 bits per heavy atom. The molecule has 1 atom stereocenters. The maximum Gasteiger partial charge on any atom is 0.282 e. The first-order valence-electron chi connectivity index (χ1n) is 24.2. The van der Waals surface area contributed by atoms with Crippen molar-refractivity contribution in [2.75, 3.05) is 52.4 Å². The van der Waals surface area contributed by atoms with E-state index in [0.29, 0.717) is 54.0 Å². The van der Waals surface area contributed by atoms with Crippen LogP contribution < -0.4 is 15.6 Å². The number of nitrogens with zero attached hydrogens (tertiary/aromatic N) is 6. The molecule has 1 saturated carbocycles. The third-order valence-corrected chi connectivity index (χ3v) is 17.3. The molecule has 1 aromatic heterocycles. The minimum atomic E-state index is -0.643. The first-order valence-corrected chi connectivity index (χ1v) is 24.5. The highest BCUT2D eigenvalue weighted by Gasteiger charge is 2.49. The molecule has 338 valence electrons. The fourth-order valence-corrected chi connectivity index (χ4v) is 13.6. The van der Waals surface area contributed by atoms with Crippen LogP contribution in [0, 0.1) is 0 Å². The van der Waals surface area contributed by atoms with Crippen LogP contribution in [0.2, 0.25) is 5.02 Å². The normalized spacial score (nSPS) is 24.3. The fraction of sp³-hybridized carbons (Fsp3) is 0.529. The Labute approximate surface area is 383 Å². The van der Waals surface area contributed by atoms with Crippen LogP contribution >= 0.6 is 11.6 Å². The summed E-state index contributed by atoms with van der Waals surface area (Å²) in [7, 11) is 0. The van der Waals surface area contributed by atoms with Gasteiger partial charge in [0, 0.05) is 47.7 Å². The van der Waals surface area contributed by atoms with Gasteiger partial charge in [0.1, 0.15) is 17.6 Å². The smallest absolute Gasteiger partial charge is 0.282 e. The molecule has 4 amide bonds. The summed E-state index contributed by atoms with van der Waals surface area (Å²) < 4.78 is 8.67. The van der Waals surface area contributed by atoms with E-state index in [9.17, 15) is 24.0 Å². The molecule has 8 heterocycles. The quantitative estimate of drug-likeness (QED) is 0.241. The lowest BCUT2D eigenvalue weighted by molar-refractivity contribution is -0.137. The zero-order valence-electron chi connectivity index (χ0n) is 36.9. The number of carbonyl (C=O) groups excluding carboxylic acids is 4. The van der Waals surface area contributed by atoms with E-state index in [1.54, 1.807) is 11.0 Å². The van der Waals surface area contributed by atoms with E-state index in [0.717, 1.165) is 132 Å². The van der Waals surface area contributed by atoms with Crippen LogP contribution in [-0.2, 0) is 31.8 Å². The van der Waals surface area contributed by atoms with Crippen LogP contribution in [0.15, 0.2) is 53.3 Å². The molecule has 14 heteroatoms. The van der Waals surface area contributed by atoms with Crippen LogP contribution in [0.4, 0.5) is 0 Å². The second kappa shape index (κ2) is 15.8. The minimum absolute atomic E-state index is 0.0945. The number of rotatable bonds is 5. The first-order chi connectivity index (χ1) is 31.6. The number of carbonyl (C=O) groups is 4. The molecule has 0 bridgehead atoms. The van der Waals surface area contributed by atoms with Crippen molar-refractivity contribution in [3.05, 3.63) is 97.5 Å². The Bertz CT molecular complexity index is 2720. The zero-order valence-corrected chi connectivity index (χ0v) is 37.7. The molecule has 8 aliphatic rings. The zero-order chi connectivity index (χ0) is 44.2. The van der Waals surface area contributed by atoms with Gasteiger partial charge in [-0.1, -0.05) is 55.1 Å². The summed E-state index contributed by atoms with van der Waals surface area (Å²) in [6.45, 7) is 6.67. The number of benzene rings is 3. The van der Waals surface area contributed by atoms with Crippen molar-refractivity contribution in [2.24, 2.45) is 0 Å². The standard InChI is InChI=1S/C51H56ClN7O6/c52-38-5-4-6-39-44(38)47(63)54-49-51(17-2-1-3-18-51)36-9-7-32(27-41(36)59(39)49)31-13-21-55(22-14-31)29-43(61)57-23-15-33(16-24-57)56-25-19-50(20-26-56)30-65-45-35-28-58(40-11-12-42(60)53-46(40)62)48(64)34(35)8-10-37(45)50/h4-10,27,31,33,40H,1-3,11-26,28-30H2,(H,53,60,62)/t40-/m0/s1. The van der Waals surface area contributed by atoms with Gasteiger partial charge in [0.05, 0.1) is 46.7 Å². The van der Waals surface area contributed by atoms with Crippen LogP contribution in [0.25, 0.3) is 16.6 Å². The molecule has 5 fully saturated rings. The molecule has 0 radical (unpaired) electrons. The molecule has 65 heavy (non-hydrogen) atoms. The van der Waals surface area contributed by atoms with Crippen LogP contribution in [0.3, 0.4) is 0 Å². The Balaban J connectivity index is 0.649. The van der Waals surface area contributed by atoms with E-state index in [1.165, 1.54) is 23.1 Å². The van der Waals surface area contributed by atoms with Gasteiger partial charge in [-0.2, -0.15) is 4.98 Å². The highest BCUT2D eigenvalue weighted by atomic mass is 35.5. The van der Waals surface area contributed by atoms with E-state index in [4.69, 9.17) is 21.3 Å². The number of likely N-dealkylation sites (tertiary alicyclic amines) is 3. The molecule has 1 aliphatic carbocycles. The maximum atomic E-state index is 13.7. The van der Waals surface area contributed by atoms with Gasteiger partial charge in [-0.05, 0) is 125 Å². The highest BCUT2D eigenvalue weighted by molar-refractivity contribution is 6.35. The maximum absolute atomic E-state index is 13.7. The van der Waals surface area contributed by atoms with E-state index < -0.39 is 11.9 Å². The third kappa shape index (κ3) is 6.60. The lowest BCUT2D eigenvalue weighted by Crippen LogP contribution is -2.53. The fourth-order valence-electron chi connectivity index (χ4n) is 13.4. The topological polar surface area (TPSA) is 137 Å². The average molecular weight is 899 g/mol. The summed E-state index contributed by atoms with van der Waals surface area (Å²) in [5.74, 6) is 1.46. The second-order valence-corrected chi connectivity index (χ2v) is 20.7. The number of fused-ring (bicyclic) bond motifs is 11. The summed E-state index contributed by atoms with van der Waals surface area (Å²) in [6, 6.07) is 16.5. The van der Waals surface area contributed by atoms with Gasteiger partial charge in [-0.15, -0.1) is 0 Å². The Kier molecular flexibility index (Phi) is 10.0. The van der Waals surface area contributed by atoms with E-state index in [2.05, 4.69) is 48.8 Å². The van der Waals surface area contributed by atoms with Gasteiger partial charge >= 0.3 is 0 Å². The van der Waals surface area contributed by atoms with Gasteiger partial charge in [-0.3, -0.25) is 38.8 Å². The van der Waals surface area contributed by atoms with Gasteiger partial charge in [0.2, 0.25) is 17.7 Å². The summed E-state index contributed by atoms with van der Waals surface area (Å²) in [5, 5.41) is 3.33. The molecule has 0 unspecified atom stereocenters. The second-order valence-electron chi connectivity index (χ2n) is 20.3. The number of amides is 4. The highest BCUT2D eigenvalue weighted by Crippen LogP contribution is 2.53. The van der Waals surface area contributed by atoms with Crippen molar-refractivity contribution in [3.63, 3.8) is 0 Å². The summed E-state index contributed by atoms with van der Waals surface area (Å²) >= 11 is 6.62.